The van der Waals surface area contributed by atoms with Crippen LogP contribution in [0.2, 0.25) is 0 Å². The van der Waals surface area contributed by atoms with E-state index < -0.39 is 0 Å². The summed E-state index contributed by atoms with van der Waals surface area (Å²) in [4.78, 5) is 17.3. The van der Waals surface area contributed by atoms with Crippen LogP contribution in [-0.4, -0.2) is 31.7 Å². The van der Waals surface area contributed by atoms with Crippen LogP contribution < -0.4 is 19.9 Å². The predicted octanol–water partition coefficient (Wildman–Crippen LogP) is 2.96. The smallest absolute Gasteiger partial charge is 0.269 e. The Balaban J connectivity index is 1.59. The van der Waals surface area contributed by atoms with Crippen LogP contribution in [0, 0.1) is 0 Å². The predicted molar refractivity (Wildman–Crippen MR) is 99.8 cm³/mol. The first kappa shape index (κ1) is 16.2. The molecule has 2 heterocycles. The average molecular weight is 349 g/mol. The van der Waals surface area contributed by atoms with Crippen LogP contribution in [0.5, 0.6) is 11.5 Å². The Hall–Kier alpha value is -3.28. The van der Waals surface area contributed by atoms with Gasteiger partial charge in [-0.05, 0) is 54.4 Å². The number of anilines is 1. The summed E-state index contributed by atoms with van der Waals surface area (Å²) in [5, 5.41) is 2.87. The Labute approximate surface area is 151 Å². The van der Waals surface area contributed by atoms with E-state index in [0.29, 0.717) is 12.1 Å². The molecule has 0 radical (unpaired) electrons. The summed E-state index contributed by atoms with van der Waals surface area (Å²) in [6.45, 7) is 0.692. The van der Waals surface area contributed by atoms with E-state index in [1.807, 2.05) is 18.2 Å². The molecule has 4 rings (SSSR count). The molecule has 3 aromatic rings. The number of ether oxygens (including phenoxy) is 2. The normalized spacial score (nSPS) is 12.8. The van der Waals surface area contributed by atoms with E-state index in [0.717, 1.165) is 40.2 Å². The molecule has 0 spiro atoms. The number of carbonyl (C=O) groups is 1. The number of methoxy groups -OCH3 is 2. The average Bonchev–Trinajstić information content (AvgIpc) is 3.07. The highest BCUT2D eigenvalue weighted by atomic mass is 16.5. The maximum absolute atomic E-state index is 12.5. The Bertz CT molecular complexity index is 970. The Morgan fingerprint density at radius 3 is 2.50 bits per heavy atom. The number of hydrazine groups is 1. The number of pyridine rings is 1. The Morgan fingerprint density at radius 2 is 1.77 bits per heavy atom. The first-order valence-electron chi connectivity index (χ1n) is 8.38. The standard InChI is InChI=1S/C20H19N3O3/c1-25-16-6-3-13(4-7-16)20(24)22-23-10-9-15-11-14-5-8-17(26-2)12-18(14)21-19(15)23/h3-8,11-12H,9-10H2,1-2H3,(H,22,24). The zero-order chi connectivity index (χ0) is 18.1. The minimum atomic E-state index is -0.173. The van der Waals surface area contributed by atoms with Crippen molar-refractivity contribution in [2.45, 2.75) is 6.42 Å². The third kappa shape index (κ3) is 2.90. The lowest BCUT2D eigenvalue weighted by Crippen LogP contribution is -2.41. The number of aromatic nitrogens is 1. The van der Waals surface area contributed by atoms with Gasteiger partial charge in [0.2, 0.25) is 0 Å². The number of rotatable bonds is 4. The van der Waals surface area contributed by atoms with Gasteiger partial charge in [-0.2, -0.15) is 0 Å². The Kier molecular flexibility index (Phi) is 4.08. The molecule has 132 valence electrons. The number of nitrogens with one attached hydrogen (secondary N) is 1. The van der Waals surface area contributed by atoms with Crippen molar-refractivity contribution >= 4 is 22.6 Å². The van der Waals surface area contributed by atoms with Gasteiger partial charge in [-0.25, -0.2) is 4.98 Å². The van der Waals surface area contributed by atoms with E-state index in [9.17, 15) is 4.79 Å². The van der Waals surface area contributed by atoms with Crippen LogP contribution >= 0.6 is 0 Å². The van der Waals surface area contributed by atoms with Crippen molar-refractivity contribution in [1.82, 2.24) is 10.4 Å². The summed E-state index contributed by atoms with van der Waals surface area (Å²) >= 11 is 0. The van der Waals surface area contributed by atoms with Crippen molar-refractivity contribution in [3.8, 4) is 11.5 Å². The SMILES string of the molecule is COc1ccc(C(=O)NN2CCc3cc4ccc(OC)cc4nc32)cc1. The lowest BCUT2D eigenvalue weighted by Gasteiger charge is -2.19. The Morgan fingerprint density at radius 1 is 1.04 bits per heavy atom. The fourth-order valence-corrected chi connectivity index (χ4v) is 3.10. The van der Waals surface area contributed by atoms with Gasteiger partial charge in [0.25, 0.3) is 5.91 Å². The van der Waals surface area contributed by atoms with Crippen LogP contribution in [0.15, 0.2) is 48.5 Å². The van der Waals surface area contributed by atoms with Crippen LogP contribution in [-0.2, 0) is 6.42 Å². The lowest BCUT2D eigenvalue weighted by atomic mass is 10.1. The second-order valence-electron chi connectivity index (χ2n) is 6.10. The number of amides is 1. The van der Waals surface area contributed by atoms with E-state index in [2.05, 4.69) is 11.5 Å². The van der Waals surface area contributed by atoms with Crippen LogP contribution in [0.3, 0.4) is 0 Å². The van der Waals surface area contributed by atoms with Crippen molar-refractivity contribution in [1.29, 1.82) is 0 Å². The lowest BCUT2D eigenvalue weighted by molar-refractivity contribution is 0.0949. The van der Waals surface area contributed by atoms with Crippen molar-refractivity contribution in [2.24, 2.45) is 0 Å². The maximum atomic E-state index is 12.5. The fourth-order valence-electron chi connectivity index (χ4n) is 3.10. The molecule has 0 saturated carbocycles. The highest BCUT2D eigenvalue weighted by molar-refractivity contribution is 5.95. The first-order valence-corrected chi connectivity index (χ1v) is 8.38. The van der Waals surface area contributed by atoms with E-state index in [-0.39, 0.29) is 5.91 Å². The summed E-state index contributed by atoms with van der Waals surface area (Å²) in [6.07, 6.45) is 0.840. The number of nitrogens with zero attached hydrogens (tertiary/aromatic N) is 2. The number of hydrogen-bond donors (Lipinski definition) is 1. The van der Waals surface area contributed by atoms with Crippen molar-refractivity contribution in [2.75, 3.05) is 25.8 Å². The second-order valence-corrected chi connectivity index (χ2v) is 6.10. The summed E-state index contributed by atoms with van der Waals surface area (Å²) in [6, 6.07) is 15.0. The van der Waals surface area contributed by atoms with Gasteiger partial charge in [0, 0.05) is 23.6 Å². The first-order chi connectivity index (χ1) is 12.7. The van der Waals surface area contributed by atoms with Crippen LogP contribution in [0.4, 0.5) is 5.82 Å². The van der Waals surface area contributed by atoms with Gasteiger partial charge in [0.15, 0.2) is 5.82 Å². The zero-order valence-electron chi connectivity index (χ0n) is 14.7. The third-order valence-electron chi connectivity index (χ3n) is 4.53. The molecule has 0 aliphatic carbocycles. The molecule has 0 saturated heterocycles. The van der Waals surface area contributed by atoms with Gasteiger partial charge < -0.3 is 9.47 Å². The van der Waals surface area contributed by atoms with Gasteiger partial charge in [-0.3, -0.25) is 15.2 Å². The molecule has 26 heavy (non-hydrogen) atoms. The van der Waals surface area contributed by atoms with Gasteiger partial charge >= 0.3 is 0 Å². The molecule has 1 aliphatic rings. The molecular formula is C20H19N3O3. The number of hydrogen-bond acceptors (Lipinski definition) is 5. The van der Waals surface area contributed by atoms with E-state index in [4.69, 9.17) is 14.5 Å². The highest BCUT2D eigenvalue weighted by Gasteiger charge is 2.23. The van der Waals surface area contributed by atoms with E-state index in [1.54, 1.807) is 43.5 Å². The monoisotopic (exact) mass is 349 g/mol. The minimum absolute atomic E-state index is 0.173. The zero-order valence-corrected chi connectivity index (χ0v) is 14.7. The fraction of sp³-hybridized carbons (Fsp3) is 0.200. The minimum Gasteiger partial charge on any atom is -0.497 e. The molecule has 1 aliphatic heterocycles. The van der Waals surface area contributed by atoms with Crippen molar-refractivity contribution < 1.29 is 14.3 Å². The summed E-state index contributed by atoms with van der Waals surface area (Å²) in [5.41, 5.74) is 5.48. The van der Waals surface area contributed by atoms with Gasteiger partial charge in [0.05, 0.1) is 19.7 Å². The van der Waals surface area contributed by atoms with Gasteiger partial charge in [-0.1, -0.05) is 0 Å². The van der Waals surface area contributed by atoms with E-state index in [1.165, 1.54) is 0 Å². The number of benzene rings is 2. The summed E-state index contributed by atoms with van der Waals surface area (Å²) in [5.74, 6) is 2.09. The summed E-state index contributed by atoms with van der Waals surface area (Å²) in [7, 11) is 3.23. The maximum Gasteiger partial charge on any atom is 0.269 e. The molecule has 1 amide bonds. The van der Waals surface area contributed by atoms with Gasteiger partial charge in [-0.15, -0.1) is 0 Å². The van der Waals surface area contributed by atoms with Crippen LogP contribution in [0.25, 0.3) is 10.9 Å². The molecule has 0 fully saturated rings. The molecule has 1 aromatic heterocycles. The van der Waals surface area contributed by atoms with Crippen molar-refractivity contribution in [3.05, 3.63) is 59.7 Å². The van der Waals surface area contributed by atoms with E-state index >= 15 is 0 Å². The quantitative estimate of drug-likeness (QED) is 0.785. The van der Waals surface area contributed by atoms with Gasteiger partial charge in [0.1, 0.15) is 11.5 Å². The number of fused-ring (bicyclic) bond motifs is 2. The number of carbonyl (C=O) groups excluding carboxylic acids is 1. The topological polar surface area (TPSA) is 63.7 Å². The second kappa shape index (κ2) is 6.55. The molecule has 1 N–H and O–H groups in total. The highest BCUT2D eigenvalue weighted by Crippen LogP contribution is 2.30. The summed E-state index contributed by atoms with van der Waals surface area (Å²) < 4.78 is 10.4. The molecule has 0 bridgehead atoms. The molecule has 0 atom stereocenters. The molecular weight excluding hydrogens is 330 g/mol. The molecule has 6 nitrogen and oxygen atoms in total. The van der Waals surface area contributed by atoms with Crippen molar-refractivity contribution in [3.63, 3.8) is 0 Å². The molecule has 0 unspecified atom stereocenters. The molecule has 6 heteroatoms. The largest absolute Gasteiger partial charge is 0.497 e. The third-order valence-corrected chi connectivity index (χ3v) is 4.53. The van der Waals surface area contributed by atoms with Crippen LogP contribution in [0.1, 0.15) is 15.9 Å². The molecule has 2 aromatic carbocycles.